The molecule has 1 saturated carbocycles. The molecule has 0 radical (unpaired) electrons. The van der Waals surface area contributed by atoms with Crippen LogP contribution in [0.2, 0.25) is 0 Å². The average molecular weight is 272 g/mol. The van der Waals surface area contributed by atoms with Crippen LogP contribution < -0.4 is 5.32 Å². The molecule has 1 fully saturated rings. The predicted octanol–water partition coefficient (Wildman–Crippen LogP) is 4.80. The van der Waals surface area contributed by atoms with Crippen molar-refractivity contribution in [3.63, 3.8) is 0 Å². The van der Waals surface area contributed by atoms with Gasteiger partial charge in [-0.3, -0.25) is 0 Å². The first-order valence-corrected chi connectivity index (χ1v) is 7.97. The van der Waals surface area contributed by atoms with Crippen LogP contribution in [0, 0.1) is 5.92 Å². The van der Waals surface area contributed by atoms with Crippen molar-refractivity contribution in [2.24, 2.45) is 5.92 Å². The summed E-state index contributed by atoms with van der Waals surface area (Å²) in [4.78, 5) is 4.37. The Hall–Kier alpha value is -1.35. The standard InChI is InChI=1S/C16H20N2S/c1-12(13-5-2-3-6-13)18-15-8-4-7-14(11-15)16-17-9-10-19-16/h4,7-13,18H,2-3,5-6H2,1H3. The van der Waals surface area contributed by atoms with E-state index in [0.29, 0.717) is 6.04 Å². The predicted molar refractivity (Wildman–Crippen MR) is 82.6 cm³/mol. The third-order valence-corrected chi connectivity index (χ3v) is 4.87. The van der Waals surface area contributed by atoms with E-state index in [0.717, 1.165) is 10.9 Å². The zero-order valence-electron chi connectivity index (χ0n) is 11.3. The fraction of sp³-hybridized carbons (Fsp3) is 0.438. The van der Waals surface area contributed by atoms with Crippen LogP contribution >= 0.6 is 11.3 Å². The number of hydrogen-bond acceptors (Lipinski definition) is 3. The Labute approximate surface area is 118 Å². The summed E-state index contributed by atoms with van der Waals surface area (Å²) in [5.74, 6) is 0.837. The zero-order valence-corrected chi connectivity index (χ0v) is 12.1. The average Bonchev–Trinajstić information content (AvgIpc) is 3.13. The topological polar surface area (TPSA) is 24.9 Å². The lowest BCUT2D eigenvalue weighted by atomic mass is 9.99. The van der Waals surface area contributed by atoms with Crippen LogP contribution in [0.25, 0.3) is 10.6 Å². The van der Waals surface area contributed by atoms with E-state index < -0.39 is 0 Å². The molecule has 0 spiro atoms. The molecule has 19 heavy (non-hydrogen) atoms. The second kappa shape index (κ2) is 5.74. The molecule has 3 heteroatoms. The molecule has 2 nitrogen and oxygen atoms in total. The van der Waals surface area contributed by atoms with Crippen molar-refractivity contribution < 1.29 is 0 Å². The Balaban J connectivity index is 1.72. The summed E-state index contributed by atoms with van der Waals surface area (Å²) in [5.41, 5.74) is 2.42. The van der Waals surface area contributed by atoms with Gasteiger partial charge in [-0.2, -0.15) is 0 Å². The van der Waals surface area contributed by atoms with Crippen molar-refractivity contribution in [3.8, 4) is 10.6 Å². The number of thiazole rings is 1. The van der Waals surface area contributed by atoms with Gasteiger partial charge in [0.2, 0.25) is 0 Å². The van der Waals surface area contributed by atoms with Gasteiger partial charge in [0.05, 0.1) is 0 Å². The summed E-state index contributed by atoms with van der Waals surface area (Å²) >= 11 is 1.69. The van der Waals surface area contributed by atoms with Crippen LogP contribution in [-0.4, -0.2) is 11.0 Å². The summed E-state index contributed by atoms with van der Waals surface area (Å²) in [5, 5.41) is 6.78. The third-order valence-electron chi connectivity index (χ3n) is 4.04. The van der Waals surface area contributed by atoms with Crippen LogP contribution in [0.5, 0.6) is 0 Å². The quantitative estimate of drug-likeness (QED) is 0.864. The molecule has 100 valence electrons. The fourth-order valence-corrected chi connectivity index (χ4v) is 3.58. The minimum absolute atomic E-state index is 0.564. The van der Waals surface area contributed by atoms with E-state index in [-0.39, 0.29) is 0 Å². The second-order valence-corrected chi connectivity index (χ2v) is 6.29. The number of aromatic nitrogens is 1. The van der Waals surface area contributed by atoms with Crippen molar-refractivity contribution >= 4 is 17.0 Å². The lowest BCUT2D eigenvalue weighted by Gasteiger charge is -2.21. The molecule has 0 aliphatic heterocycles. The monoisotopic (exact) mass is 272 g/mol. The van der Waals surface area contributed by atoms with Crippen LogP contribution in [0.15, 0.2) is 35.8 Å². The third kappa shape index (κ3) is 2.98. The zero-order chi connectivity index (χ0) is 13.1. The number of anilines is 1. The maximum absolute atomic E-state index is 4.37. The van der Waals surface area contributed by atoms with Gasteiger partial charge >= 0.3 is 0 Å². The maximum atomic E-state index is 4.37. The van der Waals surface area contributed by atoms with Gasteiger partial charge < -0.3 is 5.32 Å². The number of rotatable bonds is 4. The van der Waals surface area contributed by atoms with Crippen molar-refractivity contribution in [1.29, 1.82) is 0 Å². The normalized spacial score (nSPS) is 17.5. The van der Waals surface area contributed by atoms with Gasteiger partial charge in [0.1, 0.15) is 5.01 Å². The minimum atomic E-state index is 0.564. The summed E-state index contributed by atoms with van der Waals surface area (Å²) in [6.07, 6.45) is 7.41. The van der Waals surface area contributed by atoms with Crippen LogP contribution in [0.1, 0.15) is 32.6 Å². The van der Waals surface area contributed by atoms with E-state index in [1.807, 2.05) is 11.6 Å². The molecule has 1 atom stereocenters. The van der Waals surface area contributed by atoms with E-state index in [1.165, 1.54) is 36.9 Å². The highest BCUT2D eigenvalue weighted by molar-refractivity contribution is 7.13. The number of nitrogens with one attached hydrogen (secondary N) is 1. The van der Waals surface area contributed by atoms with Crippen molar-refractivity contribution in [3.05, 3.63) is 35.8 Å². The first kappa shape index (κ1) is 12.7. The van der Waals surface area contributed by atoms with Crippen LogP contribution in [0.4, 0.5) is 5.69 Å². The number of hydrogen-bond donors (Lipinski definition) is 1. The summed E-state index contributed by atoms with van der Waals surface area (Å²) < 4.78 is 0. The smallest absolute Gasteiger partial charge is 0.123 e. The Morgan fingerprint density at radius 3 is 2.89 bits per heavy atom. The Morgan fingerprint density at radius 1 is 1.32 bits per heavy atom. The fourth-order valence-electron chi connectivity index (χ4n) is 2.95. The molecule has 1 heterocycles. The summed E-state index contributed by atoms with van der Waals surface area (Å²) in [6, 6.07) is 9.17. The molecular weight excluding hydrogens is 252 g/mol. The Bertz CT molecular complexity index is 515. The summed E-state index contributed by atoms with van der Waals surface area (Å²) in [6.45, 7) is 2.31. The molecule has 1 unspecified atom stereocenters. The highest BCUT2D eigenvalue weighted by Crippen LogP contribution is 2.30. The first-order chi connectivity index (χ1) is 9.33. The lowest BCUT2D eigenvalue weighted by Crippen LogP contribution is -2.23. The van der Waals surface area contributed by atoms with Gasteiger partial charge in [-0.05, 0) is 37.8 Å². The van der Waals surface area contributed by atoms with Gasteiger partial charge in [-0.25, -0.2) is 4.98 Å². The van der Waals surface area contributed by atoms with E-state index in [9.17, 15) is 0 Å². The molecule has 1 aromatic heterocycles. The van der Waals surface area contributed by atoms with Gasteiger partial charge in [-0.1, -0.05) is 25.0 Å². The van der Waals surface area contributed by atoms with Gasteiger partial charge in [0, 0.05) is 28.9 Å². The molecule has 1 aliphatic carbocycles. The first-order valence-electron chi connectivity index (χ1n) is 7.09. The molecule has 0 saturated heterocycles. The number of benzene rings is 1. The van der Waals surface area contributed by atoms with Crippen molar-refractivity contribution in [2.45, 2.75) is 38.6 Å². The second-order valence-electron chi connectivity index (χ2n) is 5.40. The van der Waals surface area contributed by atoms with E-state index in [2.05, 4.69) is 41.5 Å². The van der Waals surface area contributed by atoms with Gasteiger partial charge in [0.15, 0.2) is 0 Å². The van der Waals surface area contributed by atoms with E-state index in [1.54, 1.807) is 11.3 Å². The molecule has 2 aromatic rings. The van der Waals surface area contributed by atoms with Crippen molar-refractivity contribution in [1.82, 2.24) is 4.98 Å². The molecule has 1 N–H and O–H groups in total. The molecule has 1 aromatic carbocycles. The van der Waals surface area contributed by atoms with Gasteiger partial charge in [-0.15, -0.1) is 11.3 Å². The van der Waals surface area contributed by atoms with E-state index in [4.69, 9.17) is 0 Å². The highest BCUT2D eigenvalue weighted by Gasteiger charge is 2.21. The highest BCUT2D eigenvalue weighted by atomic mass is 32.1. The van der Waals surface area contributed by atoms with Gasteiger partial charge in [0.25, 0.3) is 0 Å². The van der Waals surface area contributed by atoms with Crippen LogP contribution in [-0.2, 0) is 0 Å². The molecule has 1 aliphatic rings. The summed E-state index contributed by atoms with van der Waals surface area (Å²) in [7, 11) is 0. The molecule has 0 bridgehead atoms. The maximum Gasteiger partial charge on any atom is 0.123 e. The molecule has 0 amide bonds. The SMILES string of the molecule is CC(Nc1cccc(-c2nccs2)c1)C1CCCC1. The Morgan fingerprint density at radius 2 is 2.16 bits per heavy atom. The van der Waals surface area contributed by atoms with E-state index >= 15 is 0 Å². The largest absolute Gasteiger partial charge is 0.382 e. The van der Waals surface area contributed by atoms with Crippen LogP contribution in [0.3, 0.4) is 0 Å². The Kier molecular flexibility index (Phi) is 3.83. The molecular formula is C16H20N2S. The lowest BCUT2D eigenvalue weighted by molar-refractivity contribution is 0.482. The number of nitrogens with zero attached hydrogens (tertiary/aromatic N) is 1. The minimum Gasteiger partial charge on any atom is -0.382 e. The van der Waals surface area contributed by atoms with Crippen molar-refractivity contribution in [2.75, 3.05) is 5.32 Å². The molecule has 3 rings (SSSR count).